The molecule has 1 rings (SSSR count). The third kappa shape index (κ3) is 5.45. The third-order valence-electron chi connectivity index (χ3n) is 4.15. The van der Waals surface area contributed by atoms with Crippen molar-refractivity contribution >= 4 is 0 Å². The van der Waals surface area contributed by atoms with Crippen molar-refractivity contribution in [3.8, 4) is 5.75 Å². The van der Waals surface area contributed by atoms with Crippen LogP contribution in [-0.2, 0) is 12.8 Å². The molecule has 2 nitrogen and oxygen atoms in total. The zero-order valence-corrected chi connectivity index (χ0v) is 15.9. The molecule has 0 aliphatic heterocycles. The van der Waals surface area contributed by atoms with Crippen LogP contribution >= 0.6 is 0 Å². The maximum atomic E-state index is 5.40. The summed E-state index contributed by atoms with van der Waals surface area (Å²) in [5, 5.41) is 0. The van der Waals surface area contributed by atoms with Crippen molar-refractivity contribution < 1.29 is 4.74 Å². The van der Waals surface area contributed by atoms with E-state index in [2.05, 4.69) is 56.3 Å². The van der Waals surface area contributed by atoms with Gasteiger partial charge in [0.1, 0.15) is 5.75 Å². The van der Waals surface area contributed by atoms with Gasteiger partial charge in [0.05, 0.1) is 7.11 Å². The van der Waals surface area contributed by atoms with Crippen molar-refractivity contribution in [3.63, 3.8) is 0 Å². The SMILES string of the molecule is C=C(C)/C(=C\C=C/C)C(=C)N(C)CCc1ccc(OC)c(CC)c1. The van der Waals surface area contributed by atoms with E-state index in [1.807, 2.05) is 26.0 Å². The summed E-state index contributed by atoms with van der Waals surface area (Å²) in [4.78, 5) is 2.19. The average Bonchev–Trinajstić information content (AvgIpc) is 2.59. The van der Waals surface area contributed by atoms with E-state index in [1.165, 1.54) is 11.1 Å². The van der Waals surface area contributed by atoms with Crippen LogP contribution in [0.15, 0.2) is 66.4 Å². The molecule has 0 fully saturated rings. The molecule has 0 spiro atoms. The van der Waals surface area contributed by atoms with Crippen molar-refractivity contribution in [2.45, 2.75) is 33.6 Å². The van der Waals surface area contributed by atoms with Crippen LogP contribution in [-0.4, -0.2) is 25.6 Å². The number of hydrogen-bond donors (Lipinski definition) is 0. The number of ether oxygens (including phenoxy) is 1. The number of nitrogens with zero attached hydrogens (tertiary/aromatic N) is 1. The molecule has 0 aliphatic rings. The summed E-state index contributed by atoms with van der Waals surface area (Å²) >= 11 is 0. The van der Waals surface area contributed by atoms with Gasteiger partial charge >= 0.3 is 0 Å². The highest BCUT2D eigenvalue weighted by Gasteiger charge is 2.09. The molecular formula is C22H31NO. The fourth-order valence-corrected chi connectivity index (χ4v) is 2.58. The summed E-state index contributed by atoms with van der Waals surface area (Å²) in [5.74, 6) is 0.970. The Morgan fingerprint density at radius 1 is 1.29 bits per heavy atom. The first-order valence-corrected chi connectivity index (χ1v) is 8.49. The number of benzene rings is 1. The van der Waals surface area contributed by atoms with Gasteiger partial charge in [0.2, 0.25) is 0 Å². The molecule has 130 valence electrons. The highest BCUT2D eigenvalue weighted by molar-refractivity contribution is 5.44. The van der Waals surface area contributed by atoms with Gasteiger partial charge < -0.3 is 9.64 Å². The summed E-state index contributed by atoms with van der Waals surface area (Å²) in [5.41, 5.74) is 5.71. The Morgan fingerprint density at radius 2 is 2.00 bits per heavy atom. The van der Waals surface area contributed by atoms with Crippen molar-refractivity contribution in [2.24, 2.45) is 0 Å². The highest BCUT2D eigenvalue weighted by Crippen LogP contribution is 2.22. The minimum absolute atomic E-state index is 0.911. The van der Waals surface area contributed by atoms with Gasteiger partial charge in [0.15, 0.2) is 0 Å². The first-order valence-electron chi connectivity index (χ1n) is 8.49. The maximum Gasteiger partial charge on any atom is 0.122 e. The van der Waals surface area contributed by atoms with Gasteiger partial charge in [0.25, 0.3) is 0 Å². The molecule has 0 heterocycles. The van der Waals surface area contributed by atoms with Gasteiger partial charge in [-0.15, -0.1) is 0 Å². The predicted molar refractivity (Wildman–Crippen MR) is 106 cm³/mol. The highest BCUT2D eigenvalue weighted by atomic mass is 16.5. The molecule has 0 radical (unpaired) electrons. The second-order valence-corrected chi connectivity index (χ2v) is 6.00. The second kappa shape index (κ2) is 9.82. The number of rotatable bonds is 9. The first-order chi connectivity index (χ1) is 11.4. The molecule has 1 aromatic carbocycles. The Morgan fingerprint density at radius 3 is 2.54 bits per heavy atom. The maximum absolute atomic E-state index is 5.40. The summed E-state index contributed by atoms with van der Waals surface area (Å²) in [6, 6.07) is 6.45. The first kappa shape index (κ1) is 19.8. The normalized spacial score (nSPS) is 11.6. The lowest BCUT2D eigenvalue weighted by atomic mass is 10.0. The Bertz CT molecular complexity index is 637. The van der Waals surface area contributed by atoms with E-state index in [0.717, 1.165) is 42.0 Å². The van der Waals surface area contributed by atoms with Gasteiger partial charge in [-0.25, -0.2) is 0 Å². The molecule has 0 aromatic heterocycles. The molecule has 24 heavy (non-hydrogen) atoms. The zero-order valence-electron chi connectivity index (χ0n) is 15.9. The molecule has 0 saturated carbocycles. The molecule has 0 amide bonds. The van der Waals surface area contributed by atoms with Crippen LogP contribution in [0.25, 0.3) is 0 Å². The largest absolute Gasteiger partial charge is 0.496 e. The van der Waals surface area contributed by atoms with Crippen molar-refractivity contribution in [1.29, 1.82) is 0 Å². The third-order valence-corrected chi connectivity index (χ3v) is 4.15. The van der Waals surface area contributed by atoms with Crippen LogP contribution in [0.2, 0.25) is 0 Å². The smallest absolute Gasteiger partial charge is 0.122 e. The van der Waals surface area contributed by atoms with Gasteiger partial charge in [0, 0.05) is 19.3 Å². The number of allylic oxidation sites excluding steroid dienone is 4. The Hall–Kier alpha value is -2.22. The monoisotopic (exact) mass is 325 g/mol. The minimum atomic E-state index is 0.911. The fraction of sp³-hybridized carbons (Fsp3) is 0.364. The van der Waals surface area contributed by atoms with E-state index in [4.69, 9.17) is 4.74 Å². The van der Waals surface area contributed by atoms with Crippen molar-refractivity contribution in [1.82, 2.24) is 4.90 Å². The number of aryl methyl sites for hydroxylation is 1. The van der Waals surface area contributed by atoms with Gasteiger partial charge in [-0.3, -0.25) is 0 Å². The van der Waals surface area contributed by atoms with E-state index in [0.29, 0.717) is 0 Å². The summed E-state index contributed by atoms with van der Waals surface area (Å²) < 4.78 is 5.40. The quantitative estimate of drug-likeness (QED) is 0.569. The average molecular weight is 325 g/mol. The Balaban J connectivity index is 2.79. The second-order valence-electron chi connectivity index (χ2n) is 6.00. The lowest BCUT2D eigenvalue weighted by Gasteiger charge is -2.24. The van der Waals surface area contributed by atoms with Crippen LogP contribution in [0.3, 0.4) is 0 Å². The van der Waals surface area contributed by atoms with E-state index in [9.17, 15) is 0 Å². The van der Waals surface area contributed by atoms with Crippen LogP contribution in [0.4, 0.5) is 0 Å². The molecule has 0 saturated heterocycles. The minimum Gasteiger partial charge on any atom is -0.496 e. The molecular weight excluding hydrogens is 294 g/mol. The van der Waals surface area contributed by atoms with Crippen LogP contribution in [0.5, 0.6) is 5.75 Å². The van der Waals surface area contributed by atoms with Crippen LogP contribution in [0.1, 0.15) is 31.9 Å². The lowest BCUT2D eigenvalue weighted by Crippen LogP contribution is -2.21. The molecule has 2 heteroatoms. The van der Waals surface area contributed by atoms with Crippen LogP contribution in [0, 0.1) is 0 Å². The van der Waals surface area contributed by atoms with Crippen molar-refractivity contribution in [3.05, 3.63) is 77.6 Å². The Labute approximate surface area is 147 Å². The fourth-order valence-electron chi connectivity index (χ4n) is 2.58. The summed E-state index contributed by atoms with van der Waals surface area (Å²) in [6.45, 7) is 15.4. The summed E-state index contributed by atoms with van der Waals surface area (Å²) in [7, 11) is 3.81. The molecule has 0 bridgehead atoms. The summed E-state index contributed by atoms with van der Waals surface area (Å²) in [6.07, 6.45) is 8.06. The van der Waals surface area contributed by atoms with E-state index in [-0.39, 0.29) is 0 Å². The zero-order chi connectivity index (χ0) is 18.1. The van der Waals surface area contributed by atoms with Crippen LogP contribution < -0.4 is 4.74 Å². The number of methoxy groups -OCH3 is 1. The molecule has 0 unspecified atom stereocenters. The number of likely N-dealkylation sites (N-methyl/N-ethyl adjacent to an activating group) is 1. The number of hydrogen-bond acceptors (Lipinski definition) is 2. The molecule has 0 aliphatic carbocycles. The van der Waals surface area contributed by atoms with Gasteiger partial charge in [-0.1, -0.05) is 50.4 Å². The van der Waals surface area contributed by atoms with E-state index >= 15 is 0 Å². The van der Waals surface area contributed by atoms with Gasteiger partial charge in [-0.2, -0.15) is 0 Å². The molecule has 1 aromatic rings. The standard InChI is InChI=1S/C22H31NO/c1-8-10-11-21(17(3)4)18(5)23(6)15-14-19-12-13-22(24-7)20(9-2)16-19/h8,10-13,16H,3,5,9,14-15H2,1-2,4,6-7H3/b10-8-,21-11+. The van der Waals surface area contributed by atoms with Crippen molar-refractivity contribution in [2.75, 3.05) is 20.7 Å². The predicted octanol–water partition coefficient (Wildman–Crippen LogP) is 5.32. The van der Waals surface area contributed by atoms with Gasteiger partial charge in [-0.05, 0) is 55.0 Å². The lowest BCUT2D eigenvalue weighted by molar-refractivity contribution is 0.409. The Kier molecular flexibility index (Phi) is 8.11. The molecule has 0 N–H and O–H groups in total. The van der Waals surface area contributed by atoms with E-state index in [1.54, 1.807) is 7.11 Å². The topological polar surface area (TPSA) is 12.5 Å². The molecule has 0 atom stereocenters. The van der Waals surface area contributed by atoms with E-state index < -0.39 is 0 Å².